The minimum Gasteiger partial charge on any atom is -0.497 e. The molecule has 2 aromatic rings. The normalized spacial score (nSPS) is 12.2. The van der Waals surface area contributed by atoms with Crippen LogP contribution in [0.4, 0.5) is 0 Å². The molecule has 6 heteroatoms. The Kier molecular flexibility index (Phi) is 5.16. The molecular formula is C15H21N3O3. The van der Waals surface area contributed by atoms with Crippen LogP contribution in [0.5, 0.6) is 11.5 Å². The van der Waals surface area contributed by atoms with Crippen LogP contribution >= 0.6 is 0 Å². The number of hydrogen-bond acceptors (Lipinski definition) is 6. The lowest BCUT2D eigenvalue weighted by molar-refractivity contribution is 0.384. The minimum absolute atomic E-state index is 0.128. The number of aryl methyl sites for hydroxylation is 1. The Morgan fingerprint density at radius 3 is 2.71 bits per heavy atom. The highest BCUT2D eigenvalue weighted by Crippen LogP contribution is 2.29. The van der Waals surface area contributed by atoms with Gasteiger partial charge >= 0.3 is 0 Å². The van der Waals surface area contributed by atoms with Gasteiger partial charge in [-0.2, -0.15) is 4.98 Å². The van der Waals surface area contributed by atoms with Gasteiger partial charge in [-0.1, -0.05) is 5.16 Å². The molecule has 1 unspecified atom stereocenters. The summed E-state index contributed by atoms with van der Waals surface area (Å²) in [7, 11) is 3.32. The van der Waals surface area contributed by atoms with Gasteiger partial charge in [-0.15, -0.1) is 0 Å². The van der Waals surface area contributed by atoms with Gasteiger partial charge in [0, 0.05) is 31.5 Å². The monoisotopic (exact) mass is 291 g/mol. The number of methoxy groups -OCH3 is 2. The SMILES string of the molecule is COc1ccc(OC)c(C(C)NCCc2noc(C)n2)c1. The third kappa shape index (κ3) is 3.95. The van der Waals surface area contributed by atoms with Gasteiger partial charge in [-0.3, -0.25) is 0 Å². The maximum atomic E-state index is 5.40. The highest BCUT2D eigenvalue weighted by Gasteiger charge is 2.12. The predicted octanol–water partition coefficient (Wildman–Crippen LogP) is 2.29. The van der Waals surface area contributed by atoms with E-state index in [4.69, 9.17) is 14.0 Å². The number of benzene rings is 1. The van der Waals surface area contributed by atoms with Gasteiger partial charge in [0.25, 0.3) is 0 Å². The lowest BCUT2D eigenvalue weighted by Gasteiger charge is -2.17. The van der Waals surface area contributed by atoms with Gasteiger partial charge < -0.3 is 19.3 Å². The molecule has 0 saturated carbocycles. The molecule has 0 aliphatic rings. The Bertz CT molecular complexity index is 583. The zero-order valence-electron chi connectivity index (χ0n) is 12.8. The molecule has 114 valence electrons. The van der Waals surface area contributed by atoms with Crippen LogP contribution in [0.25, 0.3) is 0 Å². The Labute approximate surface area is 124 Å². The van der Waals surface area contributed by atoms with E-state index in [1.165, 1.54) is 0 Å². The first-order valence-corrected chi connectivity index (χ1v) is 6.88. The van der Waals surface area contributed by atoms with Crippen molar-refractivity contribution in [2.24, 2.45) is 0 Å². The Morgan fingerprint density at radius 2 is 2.10 bits per heavy atom. The standard InChI is InChI=1S/C15H21N3O3/c1-10(16-8-7-15-17-11(2)21-18-15)13-9-12(19-3)5-6-14(13)20-4/h5-6,9-10,16H,7-8H2,1-4H3. The zero-order chi connectivity index (χ0) is 15.2. The molecule has 0 bridgehead atoms. The quantitative estimate of drug-likeness (QED) is 0.844. The molecule has 0 radical (unpaired) electrons. The second-order valence-electron chi connectivity index (χ2n) is 4.76. The Hall–Kier alpha value is -2.08. The van der Waals surface area contributed by atoms with Crippen LogP contribution in [0.3, 0.4) is 0 Å². The second kappa shape index (κ2) is 7.08. The van der Waals surface area contributed by atoms with Crippen molar-refractivity contribution in [3.8, 4) is 11.5 Å². The average molecular weight is 291 g/mol. The predicted molar refractivity (Wildman–Crippen MR) is 78.7 cm³/mol. The first-order valence-electron chi connectivity index (χ1n) is 6.88. The summed E-state index contributed by atoms with van der Waals surface area (Å²) in [6.07, 6.45) is 0.716. The van der Waals surface area contributed by atoms with Crippen molar-refractivity contribution in [3.05, 3.63) is 35.5 Å². The first kappa shape index (κ1) is 15.3. The van der Waals surface area contributed by atoms with E-state index >= 15 is 0 Å². The average Bonchev–Trinajstić information content (AvgIpc) is 2.91. The van der Waals surface area contributed by atoms with E-state index in [1.807, 2.05) is 18.2 Å². The molecule has 0 saturated heterocycles. The molecule has 1 aromatic carbocycles. The fraction of sp³-hybridized carbons (Fsp3) is 0.467. The summed E-state index contributed by atoms with van der Waals surface area (Å²) in [4.78, 5) is 4.18. The number of nitrogens with zero attached hydrogens (tertiary/aromatic N) is 2. The zero-order valence-corrected chi connectivity index (χ0v) is 12.8. The molecule has 0 fully saturated rings. The van der Waals surface area contributed by atoms with Crippen molar-refractivity contribution in [1.82, 2.24) is 15.5 Å². The lowest BCUT2D eigenvalue weighted by Crippen LogP contribution is -2.22. The van der Waals surface area contributed by atoms with Crippen molar-refractivity contribution in [1.29, 1.82) is 0 Å². The van der Waals surface area contributed by atoms with E-state index in [0.717, 1.165) is 23.6 Å². The molecule has 0 amide bonds. The summed E-state index contributed by atoms with van der Waals surface area (Å²) in [5.74, 6) is 2.96. The van der Waals surface area contributed by atoms with E-state index in [0.29, 0.717) is 18.1 Å². The van der Waals surface area contributed by atoms with Crippen LogP contribution in [0.15, 0.2) is 22.7 Å². The highest BCUT2D eigenvalue weighted by molar-refractivity contribution is 5.42. The number of hydrogen-bond donors (Lipinski definition) is 1. The van der Waals surface area contributed by atoms with Crippen LogP contribution in [-0.2, 0) is 6.42 Å². The van der Waals surface area contributed by atoms with Gasteiger partial charge in [0.1, 0.15) is 11.5 Å². The van der Waals surface area contributed by atoms with Crippen LogP contribution in [-0.4, -0.2) is 30.9 Å². The van der Waals surface area contributed by atoms with Gasteiger partial charge in [-0.25, -0.2) is 0 Å². The maximum Gasteiger partial charge on any atom is 0.223 e. The van der Waals surface area contributed by atoms with Crippen LogP contribution in [0.1, 0.15) is 30.2 Å². The summed E-state index contributed by atoms with van der Waals surface area (Å²) in [5.41, 5.74) is 1.06. The maximum absolute atomic E-state index is 5.40. The van der Waals surface area contributed by atoms with Crippen molar-refractivity contribution in [2.45, 2.75) is 26.3 Å². The summed E-state index contributed by atoms with van der Waals surface area (Å²) in [6, 6.07) is 5.91. The van der Waals surface area contributed by atoms with E-state index in [1.54, 1.807) is 21.1 Å². The second-order valence-corrected chi connectivity index (χ2v) is 4.76. The van der Waals surface area contributed by atoms with Gasteiger partial charge in [0.15, 0.2) is 5.82 Å². The smallest absolute Gasteiger partial charge is 0.223 e. The Morgan fingerprint density at radius 1 is 1.29 bits per heavy atom. The van der Waals surface area contributed by atoms with E-state index in [-0.39, 0.29) is 6.04 Å². The fourth-order valence-electron chi connectivity index (χ4n) is 2.13. The van der Waals surface area contributed by atoms with E-state index < -0.39 is 0 Å². The van der Waals surface area contributed by atoms with Crippen LogP contribution in [0, 0.1) is 6.92 Å². The topological polar surface area (TPSA) is 69.4 Å². The lowest BCUT2D eigenvalue weighted by atomic mass is 10.1. The molecule has 6 nitrogen and oxygen atoms in total. The number of aromatic nitrogens is 2. The third-order valence-electron chi connectivity index (χ3n) is 3.27. The summed E-state index contributed by atoms with van der Waals surface area (Å²) in [5, 5.41) is 7.30. The van der Waals surface area contributed by atoms with Gasteiger partial charge in [0.2, 0.25) is 5.89 Å². The molecule has 0 aliphatic carbocycles. The minimum atomic E-state index is 0.128. The molecule has 0 aliphatic heterocycles. The van der Waals surface area contributed by atoms with Crippen molar-refractivity contribution < 1.29 is 14.0 Å². The van der Waals surface area contributed by atoms with Crippen LogP contribution < -0.4 is 14.8 Å². The van der Waals surface area contributed by atoms with Gasteiger partial charge in [0.05, 0.1) is 14.2 Å². The van der Waals surface area contributed by atoms with E-state index in [2.05, 4.69) is 22.4 Å². The van der Waals surface area contributed by atoms with Crippen molar-refractivity contribution in [3.63, 3.8) is 0 Å². The number of ether oxygens (including phenoxy) is 2. The summed E-state index contributed by atoms with van der Waals surface area (Å²) in [6.45, 7) is 4.62. The molecule has 0 spiro atoms. The summed E-state index contributed by atoms with van der Waals surface area (Å²) >= 11 is 0. The molecule has 21 heavy (non-hydrogen) atoms. The Balaban J connectivity index is 1.97. The van der Waals surface area contributed by atoms with Crippen LogP contribution in [0.2, 0.25) is 0 Å². The summed E-state index contributed by atoms with van der Waals surface area (Å²) < 4.78 is 15.6. The molecule has 1 heterocycles. The first-order chi connectivity index (χ1) is 10.1. The largest absolute Gasteiger partial charge is 0.497 e. The number of nitrogens with one attached hydrogen (secondary N) is 1. The van der Waals surface area contributed by atoms with Crippen molar-refractivity contribution in [2.75, 3.05) is 20.8 Å². The molecule has 1 aromatic heterocycles. The molecule has 1 N–H and O–H groups in total. The third-order valence-corrected chi connectivity index (χ3v) is 3.27. The molecule has 2 rings (SSSR count). The number of rotatable bonds is 7. The van der Waals surface area contributed by atoms with Crippen molar-refractivity contribution >= 4 is 0 Å². The van der Waals surface area contributed by atoms with E-state index in [9.17, 15) is 0 Å². The van der Waals surface area contributed by atoms with Gasteiger partial charge in [-0.05, 0) is 25.1 Å². The highest BCUT2D eigenvalue weighted by atomic mass is 16.5. The molecule has 1 atom stereocenters. The fourth-order valence-corrected chi connectivity index (χ4v) is 2.13. The molecular weight excluding hydrogens is 270 g/mol.